The zero-order valence-corrected chi connectivity index (χ0v) is 8.43. The van der Waals surface area contributed by atoms with Gasteiger partial charge in [0.15, 0.2) is 0 Å². The molecule has 1 aliphatic carbocycles. The predicted molar refractivity (Wildman–Crippen MR) is 56.2 cm³/mol. The van der Waals surface area contributed by atoms with Crippen molar-refractivity contribution in [3.63, 3.8) is 0 Å². The lowest BCUT2D eigenvalue weighted by Crippen LogP contribution is -2.15. The molecule has 0 saturated heterocycles. The molecule has 2 rings (SSSR count). The average Bonchev–Trinajstić information content (AvgIpc) is 2.49. The number of fused-ring (bicyclic) bond motifs is 1. The third-order valence-electron chi connectivity index (χ3n) is 2.95. The lowest BCUT2D eigenvalue weighted by atomic mass is 9.99. The smallest absolute Gasteiger partial charge is 0.00173 e. The molecule has 0 amide bonds. The van der Waals surface area contributed by atoms with Crippen molar-refractivity contribution in [1.82, 2.24) is 5.32 Å². The first kappa shape index (κ1) is 8.76. The Balaban J connectivity index is 2.29. The Labute approximate surface area is 80.2 Å². The Morgan fingerprint density at radius 1 is 1.46 bits per heavy atom. The predicted octanol–water partition coefficient (Wildman–Crippen LogP) is 2.24. The number of nitrogens with one attached hydrogen (secondary N) is 1. The molecule has 1 aromatic rings. The molecule has 1 aromatic carbocycles. The quantitative estimate of drug-likeness (QED) is 0.727. The summed E-state index contributed by atoms with van der Waals surface area (Å²) in [4.78, 5) is 0. The van der Waals surface area contributed by atoms with Crippen LogP contribution in [0.1, 0.15) is 29.0 Å². The summed E-state index contributed by atoms with van der Waals surface area (Å²) in [5.74, 6) is 0.750. The average molecular weight is 175 g/mol. The maximum atomic E-state index is 3.27. The fourth-order valence-corrected chi connectivity index (χ4v) is 2.27. The van der Waals surface area contributed by atoms with Gasteiger partial charge in [-0.1, -0.05) is 23.8 Å². The van der Waals surface area contributed by atoms with Crippen molar-refractivity contribution >= 4 is 0 Å². The van der Waals surface area contributed by atoms with Gasteiger partial charge < -0.3 is 5.32 Å². The summed E-state index contributed by atoms with van der Waals surface area (Å²) in [6, 6.07) is 6.87. The van der Waals surface area contributed by atoms with Crippen LogP contribution in [-0.2, 0) is 6.42 Å². The molecule has 0 spiro atoms. The van der Waals surface area contributed by atoms with E-state index in [2.05, 4.69) is 30.4 Å². The minimum absolute atomic E-state index is 0.750. The molecule has 0 bridgehead atoms. The highest BCUT2D eigenvalue weighted by atomic mass is 14.8. The molecule has 0 heterocycles. The fraction of sp³-hybridized carbons (Fsp3) is 0.500. The van der Waals surface area contributed by atoms with Gasteiger partial charge in [-0.2, -0.15) is 0 Å². The second-order valence-electron chi connectivity index (χ2n) is 4.00. The van der Waals surface area contributed by atoms with Crippen molar-refractivity contribution in [2.24, 2.45) is 0 Å². The van der Waals surface area contributed by atoms with E-state index in [1.54, 1.807) is 11.1 Å². The third-order valence-corrected chi connectivity index (χ3v) is 2.95. The van der Waals surface area contributed by atoms with Crippen molar-refractivity contribution in [1.29, 1.82) is 0 Å². The molecule has 0 aromatic heterocycles. The lowest BCUT2D eigenvalue weighted by molar-refractivity contribution is 0.623. The Bertz CT molecular complexity index is 302. The van der Waals surface area contributed by atoms with Crippen molar-refractivity contribution in [2.45, 2.75) is 25.7 Å². The molecule has 1 N–H and O–H groups in total. The van der Waals surface area contributed by atoms with Crippen molar-refractivity contribution < 1.29 is 0 Å². The summed E-state index contributed by atoms with van der Waals surface area (Å²) < 4.78 is 0. The molecule has 0 fully saturated rings. The second-order valence-corrected chi connectivity index (χ2v) is 4.00. The van der Waals surface area contributed by atoms with E-state index < -0.39 is 0 Å². The maximum absolute atomic E-state index is 3.27. The van der Waals surface area contributed by atoms with E-state index >= 15 is 0 Å². The van der Waals surface area contributed by atoms with Crippen LogP contribution in [0.15, 0.2) is 18.2 Å². The lowest BCUT2D eigenvalue weighted by Gasteiger charge is -2.10. The van der Waals surface area contributed by atoms with Crippen LogP contribution in [0.25, 0.3) is 0 Å². The molecule has 1 aliphatic rings. The van der Waals surface area contributed by atoms with E-state index in [0.717, 1.165) is 12.5 Å². The van der Waals surface area contributed by atoms with Gasteiger partial charge in [-0.05, 0) is 43.9 Å². The minimum Gasteiger partial charge on any atom is -0.319 e. The largest absolute Gasteiger partial charge is 0.319 e. The molecule has 70 valence electrons. The Morgan fingerprint density at radius 3 is 3.08 bits per heavy atom. The van der Waals surface area contributed by atoms with Crippen LogP contribution in [0.4, 0.5) is 0 Å². The van der Waals surface area contributed by atoms with Gasteiger partial charge in [0.25, 0.3) is 0 Å². The fourth-order valence-electron chi connectivity index (χ4n) is 2.27. The van der Waals surface area contributed by atoms with Crippen LogP contribution in [-0.4, -0.2) is 13.6 Å². The van der Waals surface area contributed by atoms with Gasteiger partial charge in [0.2, 0.25) is 0 Å². The van der Waals surface area contributed by atoms with E-state index in [0.29, 0.717) is 0 Å². The van der Waals surface area contributed by atoms with Crippen molar-refractivity contribution in [2.75, 3.05) is 13.6 Å². The Hall–Kier alpha value is -0.820. The summed E-state index contributed by atoms with van der Waals surface area (Å²) in [5.41, 5.74) is 4.53. The summed E-state index contributed by atoms with van der Waals surface area (Å²) >= 11 is 0. The van der Waals surface area contributed by atoms with Crippen LogP contribution in [0.3, 0.4) is 0 Å². The molecule has 13 heavy (non-hydrogen) atoms. The molecule has 0 saturated carbocycles. The molecule has 1 atom stereocenters. The van der Waals surface area contributed by atoms with E-state index in [1.165, 1.54) is 18.4 Å². The highest BCUT2D eigenvalue weighted by molar-refractivity contribution is 5.38. The Kier molecular flexibility index (Phi) is 2.36. The number of hydrogen-bond donors (Lipinski definition) is 1. The van der Waals surface area contributed by atoms with E-state index in [9.17, 15) is 0 Å². The summed E-state index contributed by atoms with van der Waals surface area (Å²) in [5, 5.41) is 3.27. The van der Waals surface area contributed by atoms with Crippen LogP contribution in [0.2, 0.25) is 0 Å². The minimum atomic E-state index is 0.750. The molecule has 0 aliphatic heterocycles. The molecule has 1 heteroatoms. The standard InChI is InChI=1S/C12H17N/c1-9-3-4-10-5-6-11(8-13-2)12(10)7-9/h3-4,7,11,13H,5-6,8H2,1-2H3. The molecule has 1 unspecified atom stereocenters. The van der Waals surface area contributed by atoms with Crippen LogP contribution < -0.4 is 5.32 Å². The van der Waals surface area contributed by atoms with Crippen LogP contribution in [0, 0.1) is 6.92 Å². The van der Waals surface area contributed by atoms with E-state index in [1.807, 2.05) is 7.05 Å². The van der Waals surface area contributed by atoms with Gasteiger partial charge in [-0.15, -0.1) is 0 Å². The van der Waals surface area contributed by atoms with Gasteiger partial charge in [0.1, 0.15) is 0 Å². The highest BCUT2D eigenvalue weighted by Crippen LogP contribution is 2.32. The van der Waals surface area contributed by atoms with Crippen LogP contribution in [0.5, 0.6) is 0 Å². The van der Waals surface area contributed by atoms with Gasteiger partial charge in [0.05, 0.1) is 0 Å². The molecule has 0 radical (unpaired) electrons. The summed E-state index contributed by atoms with van der Waals surface area (Å²) in [6.45, 7) is 3.30. The summed E-state index contributed by atoms with van der Waals surface area (Å²) in [6.07, 6.45) is 2.58. The van der Waals surface area contributed by atoms with E-state index in [-0.39, 0.29) is 0 Å². The van der Waals surface area contributed by atoms with Gasteiger partial charge in [-0.25, -0.2) is 0 Å². The van der Waals surface area contributed by atoms with Crippen molar-refractivity contribution in [3.8, 4) is 0 Å². The number of likely N-dealkylation sites (N-methyl/N-ethyl adjacent to an activating group) is 1. The number of aryl methyl sites for hydroxylation is 2. The van der Waals surface area contributed by atoms with Gasteiger partial charge in [-0.3, -0.25) is 0 Å². The van der Waals surface area contributed by atoms with Gasteiger partial charge in [0, 0.05) is 6.54 Å². The molecule has 1 nitrogen and oxygen atoms in total. The number of hydrogen-bond acceptors (Lipinski definition) is 1. The maximum Gasteiger partial charge on any atom is 0.00173 e. The first-order chi connectivity index (χ1) is 6.31. The van der Waals surface area contributed by atoms with Crippen LogP contribution >= 0.6 is 0 Å². The normalized spacial score (nSPS) is 20.3. The third kappa shape index (κ3) is 1.61. The first-order valence-corrected chi connectivity index (χ1v) is 5.05. The topological polar surface area (TPSA) is 12.0 Å². The SMILES string of the molecule is CNCC1CCc2ccc(C)cc21. The number of benzene rings is 1. The summed E-state index contributed by atoms with van der Waals surface area (Å²) in [7, 11) is 2.04. The zero-order valence-electron chi connectivity index (χ0n) is 8.43. The number of rotatable bonds is 2. The second kappa shape index (κ2) is 3.51. The highest BCUT2D eigenvalue weighted by Gasteiger charge is 2.21. The zero-order chi connectivity index (χ0) is 9.26. The van der Waals surface area contributed by atoms with Crippen molar-refractivity contribution in [3.05, 3.63) is 34.9 Å². The first-order valence-electron chi connectivity index (χ1n) is 5.05. The Morgan fingerprint density at radius 2 is 2.31 bits per heavy atom. The van der Waals surface area contributed by atoms with Gasteiger partial charge >= 0.3 is 0 Å². The molecular formula is C12H17N. The monoisotopic (exact) mass is 175 g/mol. The van der Waals surface area contributed by atoms with E-state index in [4.69, 9.17) is 0 Å². The molecular weight excluding hydrogens is 158 g/mol.